The molecule has 0 radical (unpaired) electrons. The second kappa shape index (κ2) is 7.22. The maximum absolute atomic E-state index is 12.4. The zero-order valence-electron chi connectivity index (χ0n) is 12.9. The first-order valence-electron chi connectivity index (χ1n) is 7.91. The maximum Gasteiger partial charge on any atom is 0.310 e. The van der Waals surface area contributed by atoms with Crippen LogP contribution in [0.25, 0.3) is 0 Å². The van der Waals surface area contributed by atoms with Crippen molar-refractivity contribution in [2.45, 2.75) is 57.7 Å². The molecule has 21 heavy (non-hydrogen) atoms. The summed E-state index contributed by atoms with van der Waals surface area (Å²) in [5.74, 6) is -1.40. The van der Waals surface area contributed by atoms with Crippen LogP contribution in [0.2, 0.25) is 0 Å². The van der Waals surface area contributed by atoms with E-state index < -0.39 is 11.9 Å². The number of rotatable bonds is 6. The zero-order valence-corrected chi connectivity index (χ0v) is 12.9. The summed E-state index contributed by atoms with van der Waals surface area (Å²) < 4.78 is 5.32. The second-order valence-corrected chi connectivity index (χ2v) is 6.05. The molecule has 6 nitrogen and oxygen atoms in total. The molecule has 6 heteroatoms. The number of nitrogens with zero attached hydrogens (tertiary/aromatic N) is 1. The van der Waals surface area contributed by atoms with Crippen molar-refractivity contribution in [2.24, 2.45) is 5.92 Å². The third kappa shape index (κ3) is 3.74. The van der Waals surface area contributed by atoms with Crippen LogP contribution >= 0.6 is 0 Å². The van der Waals surface area contributed by atoms with Gasteiger partial charge in [0.05, 0.1) is 25.2 Å². The molecule has 2 rings (SSSR count). The van der Waals surface area contributed by atoms with Crippen molar-refractivity contribution in [2.75, 3.05) is 19.8 Å². The van der Waals surface area contributed by atoms with Crippen LogP contribution in [0.15, 0.2) is 0 Å². The lowest BCUT2D eigenvalue weighted by molar-refractivity contribution is -0.144. The van der Waals surface area contributed by atoms with E-state index in [1.165, 1.54) is 12.8 Å². The van der Waals surface area contributed by atoms with Crippen LogP contribution in [0.4, 0.5) is 0 Å². The van der Waals surface area contributed by atoms with E-state index in [0.717, 1.165) is 12.8 Å². The van der Waals surface area contributed by atoms with Gasteiger partial charge >= 0.3 is 5.97 Å². The third-order valence-corrected chi connectivity index (χ3v) is 4.74. The molecule has 1 saturated carbocycles. The number of aliphatic carboxylic acids is 1. The van der Waals surface area contributed by atoms with Crippen LogP contribution in [0.3, 0.4) is 0 Å². The average molecular weight is 298 g/mol. The quantitative estimate of drug-likeness (QED) is 0.760. The lowest BCUT2D eigenvalue weighted by Gasteiger charge is -2.34. The fourth-order valence-electron chi connectivity index (χ4n) is 3.44. The highest BCUT2D eigenvalue weighted by Gasteiger charge is 2.40. The molecule has 1 amide bonds. The van der Waals surface area contributed by atoms with Crippen molar-refractivity contribution in [1.82, 2.24) is 10.2 Å². The number of carboxylic acids is 1. The molecular formula is C15H26N2O4. The topological polar surface area (TPSA) is 78.9 Å². The van der Waals surface area contributed by atoms with Crippen LogP contribution in [0.1, 0.15) is 39.5 Å². The lowest BCUT2D eigenvalue weighted by Crippen LogP contribution is -2.54. The summed E-state index contributed by atoms with van der Waals surface area (Å²) >= 11 is 0. The summed E-state index contributed by atoms with van der Waals surface area (Å²) in [7, 11) is 0. The summed E-state index contributed by atoms with van der Waals surface area (Å²) in [6.45, 7) is 5.05. The molecule has 0 aromatic heterocycles. The summed E-state index contributed by atoms with van der Waals surface area (Å²) in [4.78, 5) is 25.6. The SMILES string of the molecule is CCN(C(C)C(=O)NC1CCCC1)C1COCC1C(=O)O. The van der Waals surface area contributed by atoms with Gasteiger partial charge < -0.3 is 15.2 Å². The number of hydrogen-bond donors (Lipinski definition) is 2. The number of carbonyl (C=O) groups excluding carboxylic acids is 1. The number of hydrogen-bond acceptors (Lipinski definition) is 4. The Hall–Kier alpha value is -1.14. The van der Waals surface area contributed by atoms with E-state index in [0.29, 0.717) is 13.2 Å². The van der Waals surface area contributed by atoms with Gasteiger partial charge in [-0.05, 0) is 26.3 Å². The third-order valence-electron chi connectivity index (χ3n) is 4.74. The summed E-state index contributed by atoms with van der Waals surface area (Å²) in [5.41, 5.74) is 0. The Balaban J connectivity index is 1.98. The minimum atomic E-state index is -0.848. The summed E-state index contributed by atoms with van der Waals surface area (Å²) in [6, 6.07) is -0.269. The van der Waals surface area contributed by atoms with E-state index >= 15 is 0 Å². The molecule has 1 aliphatic carbocycles. The van der Waals surface area contributed by atoms with Crippen molar-refractivity contribution >= 4 is 11.9 Å². The van der Waals surface area contributed by atoms with E-state index in [1.54, 1.807) is 0 Å². The van der Waals surface area contributed by atoms with Gasteiger partial charge in [0.2, 0.25) is 5.91 Å². The Kier molecular flexibility index (Phi) is 5.58. The van der Waals surface area contributed by atoms with E-state index in [4.69, 9.17) is 4.74 Å². The van der Waals surface area contributed by atoms with Gasteiger partial charge in [0.15, 0.2) is 0 Å². The average Bonchev–Trinajstić information content (AvgIpc) is 3.10. The Morgan fingerprint density at radius 3 is 2.57 bits per heavy atom. The number of amides is 1. The van der Waals surface area contributed by atoms with Crippen molar-refractivity contribution in [3.05, 3.63) is 0 Å². The zero-order chi connectivity index (χ0) is 15.4. The molecule has 3 atom stereocenters. The van der Waals surface area contributed by atoms with Crippen LogP contribution in [-0.4, -0.2) is 59.8 Å². The van der Waals surface area contributed by atoms with Crippen molar-refractivity contribution in [3.63, 3.8) is 0 Å². The normalized spacial score (nSPS) is 28.0. The largest absolute Gasteiger partial charge is 0.481 e. The highest BCUT2D eigenvalue weighted by molar-refractivity contribution is 5.82. The molecule has 2 aliphatic rings. The van der Waals surface area contributed by atoms with E-state index in [-0.39, 0.29) is 30.6 Å². The van der Waals surface area contributed by atoms with Gasteiger partial charge in [-0.2, -0.15) is 0 Å². The lowest BCUT2D eigenvalue weighted by atomic mass is 10.0. The predicted octanol–water partition coefficient (Wildman–Crippen LogP) is 0.855. The molecule has 1 saturated heterocycles. The number of likely N-dealkylation sites (N-methyl/N-ethyl adjacent to an activating group) is 1. The van der Waals surface area contributed by atoms with Crippen LogP contribution in [0, 0.1) is 5.92 Å². The van der Waals surface area contributed by atoms with Gasteiger partial charge in [-0.1, -0.05) is 19.8 Å². The molecule has 3 unspecified atom stereocenters. The highest BCUT2D eigenvalue weighted by Crippen LogP contribution is 2.23. The fourth-order valence-corrected chi connectivity index (χ4v) is 3.44. The molecule has 0 spiro atoms. The smallest absolute Gasteiger partial charge is 0.310 e. The highest BCUT2D eigenvalue weighted by atomic mass is 16.5. The Morgan fingerprint density at radius 1 is 1.33 bits per heavy atom. The number of carbonyl (C=O) groups is 2. The van der Waals surface area contributed by atoms with Gasteiger partial charge in [-0.3, -0.25) is 14.5 Å². The van der Waals surface area contributed by atoms with Crippen molar-refractivity contribution in [1.29, 1.82) is 0 Å². The van der Waals surface area contributed by atoms with E-state index in [9.17, 15) is 14.7 Å². The molecular weight excluding hydrogens is 272 g/mol. The van der Waals surface area contributed by atoms with Crippen LogP contribution < -0.4 is 5.32 Å². The van der Waals surface area contributed by atoms with E-state index in [2.05, 4.69) is 5.32 Å². The molecule has 2 N–H and O–H groups in total. The van der Waals surface area contributed by atoms with Gasteiger partial charge in [-0.25, -0.2) is 0 Å². The molecule has 0 aromatic rings. The maximum atomic E-state index is 12.4. The minimum Gasteiger partial charge on any atom is -0.481 e. The van der Waals surface area contributed by atoms with Gasteiger partial charge in [0.25, 0.3) is 0 Å². The van der Waals surface area contributed by atoms with Crippen molar-refractivity contribution < 1.29 is 19.4 Å². The number of ether oxygens (including phenoxy) is 1. The second-order valence-electron chi connectivity index (χ2n) is 6.05. The van der Waals surface area contributed by atoms with Gasteiger partial charge in [-0.15, -0.1) is 0 Å². The Bertz CT molecular complexity index is 382. The molecule has 1 aliphatic heterocycles. The van der Waals surface area contributed by atoms with Gasteiger partial charge in [0.1, 0.15) is 0 Å². The first-order valence-corrected chi connectivity index (χ1v) is 7.91. The number of nitrogens with one attached hydrogen (secondary N) is 1. The van der Waals surface area contributed by atoms with Crippen LogP contribution in [-0.2, 0) is 14.3 Å². The first kappa shape index (κ1) is 16.2. The van der Waals surface area contributed by atoms with Gasteiger partial charge in [0, 0.05) is 12.1 Å². The molecule has 1 heterocycles. The first-order chi connectivity index (χ1) is 10.0. The summed E-state index contributed by atoms with van der Waals surface area (Å²) in [5, 5.41) is 12.4. The fraction of sp³-hybridized carbons (Fsp3) is 0.867. The predicted molar refractivity (Wildman–Crippen MR) is 78.0 cm³/mol. The molecule has 2 fully saturated rings. The van der Waals surface area contributed by atoms with E-state index in [1.807, 2.05) is 18.7 Å². The summed E-state index contributed by atoms with van der Waals surface area (Å²) in [6.07, 6.45) is 4.45. The Labute approximate surface area is 125 Å². The molecule has 0 aromatic carbocycles. The van der Waals surface area contributed by atoms with Crippen LogP contribution in [0.5, 0.6) is 0 Å². The van der Waals surface area contributed by atoms with Crippen molar-refractivity contribution in [3.8, 4) is 0 Å². The Morgan fingerprint density at radius 2 is 2.00 bits per heavy atom. The molecule has 120 valence electrons. The minimum absolute atomic E-state index is 0.000196. The monoisotopic (exact) mass is 298 g/mol. The standard InChI is InChI=1S/C15H26N2O4/c1-3-17(13-9-21-8-12(13)15(19)20)10(2)14(18)16-11-6-4-5-7-11/h10-13H,3-9H2,1-2H3,(H,16,18)(H,19,20). The number of carboxylic acid groups (broad SMARTS) is 1. The molecule has 0 bridgehead atoms.